The van der Waals surface area contributed by atoms with Gasteiger partial charge in [0.15, 0.2) is 0 Å². The Morgan fingerprint density at radius 1 is 1.47 bits per heavy atom. The minimum absolute atomic E-state index is 0.00601. The normalized spacial score (nSPS) is 22.7. The van der Waals surface area contributed by atoms with Gasteiger partial charge in [-0.05, 0) is 24.6 Å². The number of halogens is 1. The molecule has 1 aromatic rings. The SMILES string of the molecule is CCOC(=O)[C@H]1C(=O)N(O)C[C@@H]1c1ccc(F)cc1. The minimum Gasteiger partial charge on any atom is -0.465 e. The number of rotatable bonds is 3. The zero-order chi connectivity index (χ0) is 14.0. The molecule has 1 aliphatic heterocycles. The van der Waals surface area contributed by atoms with Crippen molar-refractivity contribution < 1.29 is 23.9 Å². The summed E-state index contributed by atoms with van der Waals surface area (Å²) in [6.07, 6.45) is 0. The van der Waals surface area contributed by atoms with Crippen molar-refractivity contribution in [2.75, 3.05) is 13.2 Å². The maximum Gasteiger partial charge on any atom is 0.319 e. The summed E-state index contributed by atoms with van der Waals surface area (Å²) in [6.45, 7) is 1.79. The van der Waals surface area contributed by atoms with E-state index in [1.54, 1.807) is 6.92 Å². The van der Waals surface area contributed by atoms with Crippen LogP contribution in [-0.2, 0) is 14.3 Å². The largest absolute Gasteiger partial charge is 0.465 e. The first-order chi connectivity index (χ1) is 9.04. The molecule has 0 aliphatic carbocycles. The zero-order valence-electron chi connectivity index (χ0n) is 10.4. The fourth-order valence-electron chi connectivity index (χ4n) is 2.22. The number of hydrogen-bond acceptors (Lipinski definition) is 4. The molecule has 0 unspecified atom stereocenters. The van der Waals surface area contributed by atoms with Crippen molar-refractivity contribution in [2.24, 2.45) is 5.92 Å². The summed E-state index contributed by atoms with van der Waals surface area (Å²) in [5.74, 6) is -3.36. The second kappa shape index (κ2) is 5.36. The molecule has 5 nitrogen and oxygen atoms in total. The summed E-state index contributed by atoms with van der Waals surface area (Å²) in [4.78, 5) is 23.6. The average Bonchev–Trinajstić information content (AvgIpc) is 2.67. The van der Waals surface area contributed by atoms with Crippen molar-refractivity contribution in [2.45, 2.75) is 12.8 Å². The van der Waals surface area contributed by atoms with Crippen LogP contribution < -0.4 is 0 Å². The predicted molar refractivity (Wildman–Crippen MR) is 62.8 cm³/mol. The number of hydroxylamine groups is 2. The Labute approximate surface area is 109 Å². The molecule has 1 amide bonds. The van der Waals surface area contributed by atoms with Gasteiger partial charge in [0.25, 0.3) is 5.91 Å². The Morgan fingerprint density at radius 3 is 2.68 bits per heavy atom. The maximum absolute atomic E-state index is 12.9. The fourth-order valence-corrected chi connectivity index (χ4v) is 2.22. The molecule has 1 aliphatic rings. The first-order valence-corrected chi connectivity index (χ1v) is 5.97. The van der Waals surface area contributed by atoms with Crippen LogP contribution in [0.3, 0.4) is 0 Å². The van der Waals surface area contributed by atoms with E-state index in [-0.39, 0.29) is 13.2 Å². The molecule has 1 saturated heterocycles. The van der Waals surface area contributed by atoms with Crippen LogP contribution in [-0.4, -0.2) is 35.3 Å². The van der Waals surface area contributed by atoms with Crippen molar-refractivity contribution in [1.82, 2.24) is 5.06 Å². The highest BCUT2D eigenvalue weighted by Crippen LogP contribution is 2.33. The van der Waals surface area contributed by atoms with E-state index in [2.05, 4.69) is 0 Å². The maximum atomic E-state index is 12.9. The van der Waals surface area contributed by atoms with Gasteiger partial charge in [-0.3, -0.25) is 14.8 Å². The van der Waals surface area contributed by atoms with Crippen LogP contribution in [0.4, 0.5) is 4.39 Å². The molecule has 1 fully saturated rings. The molecule has 1 N–H and O–H groups in total. The van der Waals surface area contributed by atoms with Crippen LogP contribution in [0.1, 0.15) is 18.4 Å². The Balaban J connectivity index is 2.29. The number of ether oxygens (including phenoxy) is 1. The molecular weight excluding hydrogens is 253 g/mol. The number of esters is 1. The molecule has 2 atom stereocenters. The number of nitrogens with zero attached hydrogens (tertiary/aromatic N) is 1. The molecule has 0 radical (unpaired) electrons. The van der Waals surface area contributed by atoms with E-state index >= 15 is 0 Å². The minimum atomic E-state index is -1.07. The van der Waals surface area contributed by atoms with E-state index in [0.29, 0.717) is 10.6 Å². The summed E-state index contributed by atoms with van der Waals surface area (Å²) in [5.41, 5.74) is 0.615. The molecule has 1 aromatic carbocycles. The van der Waals surface area contributed by atoms with Crippen molar-refractivity contribution in [3.63, 3.8) is 0 Å². The Bertz CT molecular complexity index is 488. The predicted octanol–water partition coefficient (Wildman–Crippen LogP) is 1.32. The second-order valence-corrected chi connectivity index (χ2v) is 4.31. The van der Waals surface area contributed by atoms with Crippen molar-refractivity contribution >= 4 is 11.9 Å². The van der Waals surface area contributed by atoms with Crippen LogP contribution in [0.2, 0.25) is 0 Å². The lowest BCUT2D eigenvalue weighted by molar-refractivity contribution is -0.165. The molecule has 0 saturated carbocycles. The third kappa shape index (κ3) is 2.58. The van der Waals surface area contributed by atoms with Crippen LogP contribution >= 0.6 is 0 Å². The summed E-state index contributed by atoms with van der Waals surface area (Å²) in [7, 11) is 0. The van der Waals surface area contributed by atoms with Gasteiger partial charge in [-0.25, -0.2) is 9.45 Å². The van der Waals surface area contributed by atoms with E-state index in [1.165, 1.54) is 24.3 Å². The molecule has 2 rings (SSSR count). The molecule has 6 heteroatoms. The van der Waals surface area contributed by atoms with Gasteiger partial charge in [-0.2, -0.15) is 0 Å². The molecule has 0 spiro atoms. The monoisotopic (exact) mass is 267 g/mol. The number of benzene rings is 1. The zero-order valence-corrected chi connectivity index (χ0v) is 10.4. The number of carbonyl (C=O) groups is 2. The van der Waals surface area contributed by atoms with Gasteiger partial charge >= 0.3 is 5.97 Å². The van der Waals surface area contributed by atoms with Gasteiger partial charge in [0.1, 0.15) is 11.7 Å². The topological polar surface area (TPSA) is 66.8 Å². The number of carbonyl (C=O) groups excluding carboxylic acids is 2. The fraction of sp³-hybridized carbons (Fsp3) is 0.385. The van der Waals surface area contributed by atoms with E-state index in [1.807, 2.05) is 0 Å². The van der Waals surface area contributed by atoms with Crippen LogP contribution in [0.25, 0.3) is 0 Å². The smallest absolute Gasteiger partial charge is 0.319 e. The third-order valence-electron chi connectivity index (χ3n) is 3.13. The van der Waals surface area contributed by atoms with Crippen LogP contribution in [0, 0.1) is 11.7 Å². The molecule has 0 bridgehead atoms. The lowest BCUT2D eigenvalue weighted by atomic mass is 9.88. The Hall–Kier alpha value is -1.95. The summed E-state index contributed by atoms with van der Waals surface area (Å²) in [6, 6.07) is 5.50. The van der Waals surface area contributed by atoms with Crippen molar-refractivity contribution in [1.29, 1.82) is 0 Å². The highest BCUT2D eigenvalue weighted by Gasteiger charge is 2.46. The second-order valence-electron chi connectivity index (χ2n) is 4.31. The summed E-state index contributed by atoms with van der Waals surface area (Å²) in [5, 5.41) is 9.98. The van der Waals surface area contributed by atoms with Crippen LogP contribution in [0.15, 0.2) is 24.3 Å². The number of amides is 1. The standard InChI is InChI=1S/C13H14FNO4/c1-2-19-13(17)11-10(7-15(18)12(11)16)8-3-5-9(14)6-4-8/h3-6,10-11,18H,2,7H2,1H3/t10-,11-/m1/s1. The summed E-state index contributed by atoms with van der Waals surface area (Å²) >= 11 is 0. The molecule has 102 valence electrons. The first kappa shape index (κ1) is 13.5. The molecule has 0 aromatic heterocycles. The average molecular weight is 267 g/mol. The number of hydrogen-bond donors (Lipinski definition) is 1. The lowest BCUT2D eigenvalue weighted by Crippen LogP contribution is -2.30. The van der Waals surface area contributed by atoms with Crippen LogP contribution in [0.5, 0.6) is 0 Å². The Morgan fingerprint density at radius 2 is 2.11 bits per heavy atom. The van der Waals surface area contributed by atoms with E-state index in [9.17, 15) is 19.2 Å². The highest BCUT2D eigenvalue weighted by atomic mass is 19.1. The quantitative estimate of drug-likeness (QED) is 0.509. The molecule has 1 heterocycles. The summed E-state index contributed by atoms with van der Waals surface area (Å²) < 4.78 is 17.7. The van der Waals surface area contributed by atoms with E-state index in [4.69, 9.17) is 4.74 Å². The van der Waals surface area contributed by atoms with Gasteiger partial charge in [-0.15, -0.1) is 0 Å². The Kier molecular flexibility index (Phi) is 3.80. The lowest BCUT2D eigenvalue weighted by Gasteiger charge is -2.15. The first-order valence-electron chi connectivity index (χ1n) is 5.97. The van der Waals surface area contributed by atoms with Gasteiger partial charge < -0.3 is 4.74 Å². The highest BCUT2D eigenvalue weighted by molar-refractivity contribution is 6.00. The van der Waals surface area contributed by atoms with Gasteiger partial charge in [0.05, 0.1) is 13.2 Å². The van der Waals surface area contributed by atoms with Crippen molar-refractivity contribution in [3.8, 4) is 0 Å². The van der Waals surface area contributed by atoms with Crippen molar-refractivity contribution in [3.05, 3.63) is 35.6 Å². The van der Waals surface area contributed by atoms with Gasteiger partial charge in [0, 0.05) is 5.92 Å². The molecule has 19 heavy (non-hydrogen) atoms. The molecular formula is C13H14FNO4. The van der Waals surface area contributed by atoms with Gasteiger partial charge in [-0.1, -0.05) is 12.1 Å². The third-order valence-corrected chi connectivity index (χ3v) is 3.13. The van der Waals surface area contributed by atoms with E-state index < -0.39 is 29.5 Å². The van der Waals surface area contributed by atoms with Gasteiger partial charge in [0.2, 0.25) is 0 Å². The van der Waals surface area contributed by atoms with E-state index in [0.717, 1.165) is 0 Å².